The Kier molecular flexibility index (Phi) is 5.13. The molecule has 0 spiro atoms. The minimum atomic E-state index is -0.927. The molecule has 1 saturated heterocycles. The highest BCUT2D eigenvalue weighted by molar-refractivity contribution is 5.96. The van der Waals surface area contributed by atoms with E-state index in [1.54, 1.807) is 4.90 Å². The van der Waals surface area contributed by atoms with E-state index in [9.17, 15) is 9.59 Å². The molecule has 1 aromatic heterocycles. The van der Waals surface area contributed by atoms with Gasteiger partial charge in [-0.2, -0.15) is 0 Å². The third kappa shape index (κ3) is 3.37. The first-order chi connectivity index (χ1) is 12.4. The van der Waals surface area contributed by atoms with Crippen LogP contribution in [0.2, 0.25) is 0 Å². The maximum Gasteiger partial charge on any atom is 0.305 e. The van der Waals surface area contributed by atoms with Crippen molar-refractivity contribution in [3.05, 3.63) is 52.8 Å². The van der Waals surface area contributed by atoms with Crippen molar-refractivity contribution in [3.63, 3.8) is 0 Å². The molecule has 0 saturated carbocycles. The maximum absolute atomic E-state index is 13.2. The molecule has 1 fully saturated rings. The van der Waals surface area contributed by atoms with Crippen molar-refractivity contribution < 1.29 is 19.4 Å². The number of rotatable bonds is 4. The van der Waals surface area contributed by atoms with Crippen molar-refractivity contribution in [1.29, 1.82) is 0 Å². The lowest BCUT2D eigenvalue weighted by Gasteiger charge is -2.34. The van der Waals surface area contributed by atoms with E-state index in [2.05, 4.69) is 4.57 Å². The Morgan fingerprint density at radius 2 is 1.96 bits per heavy atom. The van der Waals surface area contributed by atoms with Gasteiger partial charge in [0.25, 0.3) is 5.91 Å². The van der Waals surface area contributed by atoms with Gasteiger partial charge in [0.15, 0.2) is 0 Å². The summed E-state index contributed by atoms with van der Waals surface area (Å²) >= 11 is 0. The first-order valence-electron chi connectivity index (χ1n) is 8.75. The fourth-order valence-corrected chi connectivity index (χ4v) is 3.61. The Bertz CT molecular complexity index is 840. The Morgan fingerprint density at radius 1 is 1.23 bits per heavy atom. The van der Waals surface area contributed by atoms with Gasteiger partial charge < -0.3 is 19.3 Å². The number of carboxylic acids is 1. The minimum Gasteiger partial charge on any atom is -0.481 e. The molecule has 2 aromatic rings. The van der Waals surface area contributed by atoms with Crippen molar-refractivity contribution in [1.82, 2.24) is 9.47 Å². The summed E-state index contributed by atoms with van der Waals surface area (Å²) in [6.45, 7) is 7.04. The summed E-state index contributed by atoms with van der Waals surface area (Å²) in [4.78, 5) is 25.9. The molecule has 6 nitrogen and oxygen atoms in total. The second-order valence-corrected chi connectivity index (χ2v) is 6.73. The molecular weight excluding hydrogens is 332 g/mol. The number of morpholine rings is 1. The van der Waals surface area contributed by atoms with Crippen LogP contribution in [-0.4, -0.2) is 52.3 Å². The third-order valence-corrected chi connectivity index (χ3v) is 4.92. The number of nitrogens with zero attached hydrogens (tertiary/aromatic N) is 2. The molecule has 0 bridgehead atoms. The van der Waals surface area contributed by atoms with Crippen LogP contribution in [0.3, 0.4) is 0 Å². The van der Waals surface area contributed by atoms with Crippen LogP contribution in [0.4, 0.5) is 0 Å². The molecule has 1 N–H and O–H groups in total. The van der Waals surface area contributed by atoms with E-state index in [-0.39, 0.29) is 18.9 Å². The van der Waals surface area contributed by atoms with Crippen LogP contribution in [0, 0.1) is 20.8 Å². The number of hydrogen-bond donors (Lipinski definition) is 1. The lowest BCUT2D eigenvalue weighted by Crippen LogP contribution is -2.49. The minimum absolute atomic E-state index is 0.109. The Labute approximate surface area is 153 Å². The van der Waals surface area contributed by atoms with Crippen molar-refractivity contribution >= 4 is 11.9 Å². The SMILES string of the molecule is Cc1ccccc1-n1c(C)cc(C(=O)N2CCOCC2CC(=O)O)c1C. The van der Waals surface area contributed by atoms with E-state index in [1.165, 1.54) is 0 Å². The summed E-state index contributed by atoms with van der Waals surface area (Å²) in [5.41, 5.74) is 4.63. The standard InChI is InChI=1S/C20H24N2O4/c1-13-6-4-5-7-18(13)22-14(2)10-17(15(22)3)20(25)21-8-9-26-12-16(21)11-19(23)24/h4-7,10,16H,8-9,11-12H2,1-3H3,(H,23,24). The molecule has 138 valence electrons. The highest BCUT2D eigenvalue weighted by atomic mass is 16.5. The number of ether oxygens (including phenoxy) is 1. The monoisotopic (exact) mass is 356 g/mol. The molecular formula is C20H24N2O4. The topological polar surface area (TPSA) is 71.8 Å². The molecule has 1 atom stereocenters. The van der Waals surface area contributed by atoms with Gasteiger partial charge >= 0.3 is 5.97 Å². The van der Waals surface area contributed by atoms with E-state index in [4.69, 9.17) is 9.84 Å². The van der Waals surface area contributed by atoms with E-state index < -0.39 is 12.0 Å². The molecule has 1 amide bonds. The zero-order valence-electron chi connectivity index (χ0n) is 15.4. The van der Waals surface area contributed by atoms with Crippen LogP contribution in [0.25, 0.3) is 5.69 Å². The number of amides is 1. The van der Waals surface area contributed by atoms with Crippen LogP contribution < -0.4 is 0 Å². The second kappa shape index (κ2) is 7.33. The largest absolute Gasteiger partial charge is 0.481 e. The molecule has 0 radical (unpaired) electrons. The van der Waals surface area contributed by atoms with Gasteiger partial charge in [0.05, 0.1) is 31.2 Å². The molecule has 1 aliphatic heterocycles. The van der Waals surface area contributed by atoms with Crippen molar-refractivity contribution in [2.75, 3.05) is 19.8 Å². The van der Waals surface area contributed by atoms with E-state index in [1.807, 2.05) is 51.1 Å². The van der Waals surface area contributed by atoms with Gasteiger partial charge in [-0.3, -0.25) is 9.59 Å². The summed E-state index contributed by atoms with van der Waals surface area (Å²) in [6, 6.07) is 9.50. The zero-order valence-corrected chi connectivity index (χ0v) is 15.4. The fraction of sp³-hybridized carbons (Fsp3) is 0.400. The number of hydrogen-bond acceptors (Lipinski definition) is 3. The molecule has 26 heavy (non-hydrogen) atoms. The van der Waals surface area contributed by atoms with Crippen LogP contribution in [0.5, 0.6) is 0 Å². The quantitative estimate of drug-likeness (QED) is 0.914. The Morgan fingerprint density at radius 3 is 2.65 bits per heavy atom. The average Bonchev–Trinajstić information content (AvgIpc) is 2.89. The van der Waals surface area contributed by atoms with Gasteiger partial charge in [0.1, 0.15) is 0 Å². The van der Waals surface area contributed by atoms with E-state index in [0.717, 1.165) is 22.6 Å². The first kappa shape index (κ1) is 18.2. The number of aliphatic carboxylic acids is 1. The predicted octanol–water partition coefficient (Wildman–Crippen LogP) is 2.72. The average molecular weight is 356 g/mol. The lowest BCUT2D eigenvalue weighted by molar-refractivity contribution is -0.139. The molecule has 3 rings (SSSR count). The van der Waals surface area contributed by atoms with Crippen LogP contribution in [-0.2, 0) is 9.53 Å². The number of para-hydroxylation sites is 1. The molecule has 2 heterocycles. The van der Waals surface area contributed by atoms with E-state index in [0.29, 0.717) is 18.7 Å². The van der Waals surface area contributed by atoms with Crippen LogP contribution >= 0.6 is 0 Å². The second-order valence-electron chi connectivity index (χ2n) is 6.73. The summed E-state index contributed by atoms with van der Waals surface area (Å²) in [5.74, 6) is -1.06. The summed E-state index contributed by atoms with van der Waals surface area (Å²) < 4.78 is 7.46. The van der Waals surface area contributed by atoms with Gasteiger partial charge in [-0.15, -0.1) is 0 Å². The van der Waals surface area contributed by atoms with Crippen LogP contribution in [0.15, 0.2) is 30.3 Å². The van der Waals surface area contributed by atoms with Gasteiger partial charge in [-0.1, -0.05) is 18.2 Å². The van der Waals surface area contributed by atoms with Crippen LogP contribution in [0.1, 0.15) is 33.7 Å². The van der Waals surface area contributed by atoms with E-state index >= 15 is 0 Å². The zero-order chi connectivity index (χ0) is 18.8. The number of carboxylic acid groups (broad SMARTS) is 1. The molecule has 1 unspecified atom stereocenters. The fourth-order valence-electron chi connectivity index (χ4n) is 3.61. The first-order valence-corrected chi connectivity index (χ1v) is 8.75. The molecule has 1 aromatic carbocycles. The van der Waals surface area contributed by atoms with Gasteiger partial charge in [0, 0.05) is 23.6 Å². The number of benzene rings is 1. The lowest BCUT2D eigenvalue weighted by atomic mass is 10.1. The molecule has 1 aliphatic rings. The Hall–Kier alpha value is -2.60. The highest BCUT2D eigenvalue weighted by Gasteiger charge is 2.31. The number of aromatic nitrogens is 1. The number of carbonyl (C=O) groups excluding carboxylic acids is 1. The third-order valence-electron chi connectivity index (χ3n) is 4.92. The summed E-state index contributed by atoms with van der Waals surface area (Å²) in [6.07, 6.45) is -0.109. The smallest absolute Gasteiger partial charge is 0.305 e. The summed E-state index contributed by atoms with van der Waals surface area (Å²) in [5, 5.41) is 9.12. The molecule has 6 heteroatoms. The molecule has 0 aliphatic carbocycles. The summed E-state index contributed by atoms with van der Waals surface area (Å²) in [7, 11) is 0. The predicted molar refractivity (Wildman–Crippen MR) is 97.9 cm³/mol. The number of aryl methyl sites for hydroxylation is 2. The van der Waals surface area contributed by atoms with Crippen molar-refractivity contribution in [2.24, 2.45) is 0 Å². The Balaban J connectivity index is 1.97. The normalized spacial score (nSPS) is 17.3. The highest BCUT2D eigenvalue weighted by Crippen LogP contribution is 2.25. The van der Waals surface area contributed by atoms with Gasteiger partial charge in [-0.05, 0) is 38.5 Å². The maximum atomic E-state index is 13.2. The van der Waals surface area contributed by atoms with Crippen molar-refractivity contribution in [2.45, 2.75) is 33.2 Å². The van der Waals surface area contributed by atoms with Crippen molar-refractivity contribution in [3.8, 4) is 5.69 Å². The van der Waals surface area contributed by atoms with Gasteiger partial charge in [-0.25, -0.2) is 0 Å². The van der Waals surface area contributed by atoms with Gasteiger partial charge in [0.2, 0.25) is 0 Å². The number of carbonyl (C=O) groups is 2.